The van der Waals surface area contributed by atoms with Crippen molar-refractivity contribution < 1.29 is 19.0 Å². The van der Waals surface area contributed by atoms with Crippen molar-refractivity contribution in [3.05, 3.63) is 28.0 Å². The Balaban J connectivity index is 3.14. The van der Waals surface area contributed by atoms with E-state index < -0.39 is 11.8 Å². The Bertz CT molecular complexity index is 342. The fraction of sp³-hybridized carbons (Fsp3) is 0.222. The van der Waals surface area contributed by atoms with Gasteiger partial charge in [0, 0.05) is 10.5 Å². The number of phenols is 1. The van der Waals surface area contributed by atoms with Gasteiger partial charge in [-0.2, -0.15) is 0 Å². The van der Waals surface area contributed by atoms with E-state index in [9.17, 15) is 9.18 Å². The Morgan fingerprint density at radius 2 is 2.29 bits per heavy atom. The molecule has 0 atom stereocenters. The van der Waals surface area contributed by atoms with Crippen LogP contribution in [0.15, 0.2) is 16.6 Å². The van der Waals surface area contributed by atoms with Crippen molar-refractivity contribution in [3.8, 4) is 5.75 Å². The fourth-order valence-electron chi connectivity index (χ4n) is 0.958. The highest BCUT2D eigenvalue weighted by Crippen LogP contribution is 2.25. The van der Waals surface area contributed by atoms with Gasteiger partial charge in [-0.15, -0.1) is 0 Å². The molecule has 0 amide bonds. The smallest absolute Gasteiger partial charge is 0.342 e. The summed E-state index contributed by atoms with van der Waals surface area (Å²) in [6, 6.07) is 2.09. The summed E-state index contributed by atoms with van der Waals surface area (Å²) in [5.74, 6) is -1.81. The number of benzene rings is 1. The molecule has 3 nitrogen and oxygen atoms in total. The molecule has 0 saturated heterocycles. The van der Waals surface area contributed by atoms with Gasteiger partial charge in [-0.25, -0.2) is 9.18 Å². The second kappa shape index (κ2) is 4.41. The molecule has 0 saturated carbocycles. The van der Waals surface area contributed by atoms with Gasteiger partial charge in [0.05, 0.1) is 6.61 Å². The first kappa shape index (κ1) is 11.0. The number of hydrogen-bond donors (Lipinski definition) is 1. The van der Waals surface area contributed by atoms with Crippen molar-refractivity contribution in [1.82, 2.24) is 0 Å². The monoisotopic (exact) mass is 262 g/mol. The molecule has 0 fully saturated rings. The van der Waals surface area contributed by atoms with Gasteiger partial charge in [-0.3, -0.25) is 0 Å². The third-order valence-corrected chi connectivity index (χ3v) is 2.13. The second-order valence-corrected chi connectivity index (χ2v) is 3.36. The van der Waals surface area contributed by atoms with E-state index in [4.69, 9.17) is 5.11 Å². The van der Waals surface area contributed by atoms with Crippen LogP contribution in [0.2, 0.25) is 0 Å². The molecular weight excluding hydrogens is 255 g/mol. The van der Waals surface area contributed by atoms with Crippen LogP contribution in [0.1, 0.15) is 17.3 Å². The van der Waals surface area contributed by atoms with Crippen molar-refractivity contribution >= 4 is 21.9 Å². The van der Waals surface area contributed by atoms with Crippen LogP contribution in [-0.2, 0) is 4.74 Å². The molecule has 0 radical (unpaired) electrons. The third kappa shape index (κ3) is 2.23. The zero-order chi connectivity index (χ0) is 10.7. The van der Waals surface area contributed by atoms with Gasteiger partial charge in [0.15, 0.2) is 0 Å². The first-order chi connectivity index (χ1) is 6.56. The molecule has 1 aromatic rings. The van der Waals surface area contributed by atoms with Gasteiger partial charge in [0.25, 0.3) is 0 Å². The average Bonchev–Trinajstić information content (AvgIpc) is 2.01. The van der Waals surface area contributed by atoms with E-state index in [1.54, 1.807) is 6.92 Å². The largest absolute Gasteiger partial charge is 0.508 e. The number of esters is 1. The van der Waals surface area contributed by atoms with E-state index >= 15 is 0 Å². The normalized spacial score (nSPS) is 9.93. The molecule has 0 heterocycles. The van der Waals surface area contributed by atoms with Crippen LogP contribution >= 0.6 is 15.9 Å². The van der Waals surface area contributed by atoms with E-state index in [-0.39, 0.29) is 22.4 Å². The highest BCUT2D eigenvalue weighted by molar-refractivity contribution is 9.10. The van der Waals surface area contributed by atoms with Crippen LogP contribution in [0.4, 0.5) is 4.39 Å². The summed E-state index contributed by atoms with van der Waals surface area (Å²) in [7, 11) is 0. The zero-order valence-corrected chi connectivity index (χ0v) is 8.97. The van der Waals surface area contributed by atoms with E-state index in [1.807, 2.05) is 0 Å². The topological polar surface area (TPSA) is 46.5 Å². The van der Waals surface area contributed by atoms with E-state index in [1.165, 1.54) is 6.07 Å². The predicted octanol–water partition coefficient (Wildman–Crippen LogP) is 2.47. The number of ether oxygens (including phenoxy) is 1. The van der Waals surface area contributed by atoms with Gasteiger partial charge in [-0.05, 0) is 28.9 Å². The number of phenolic OH excluding ortho intramolecular Hbond substituents is 1. The maximum atomic E-state index is 13.2. The average molecular weight is 263 g/mol. The minimum absolute atomic E-state index is 0.172. The number of carbonyl (C=O) groups excluding carboxylic acids is 1. The molecule has 1 N–H and O–H groups in total. The van der Waals surface area contributed by atoms with E-state index in [2.05, 4.69) is 20.7 Å². The van der Waals surface area contributed by atoms with E-state index in [0.717, 1.165) is 6.07 Å². The summed E-state index contributed by atoms with van der Waals surface area (Å²) in [6.07, 6.45) is 0. The summed E-state index contributed by atoms with van der Waals surface area (Å²) in [4.78, 5) is 11.2. The molecule has 1 aromatic carbocycles. The molecule has 0 aliphatic heterocycles. The molecule has 0 aliphatic carbocycles. The Morgan fingerprint density at radius 1 is 1.64 bits per heavy atom. The Hall–Kier alpha value is -1.10. The predicted molar refractivity (Wildman–Crippen MR) is 51.7 cm³/mol. The van der Waals surface area contributed by atoms with Crippen molar-refractivity contribution in [2.75, 3.05) is 6.61 Å². The molecule has 0 aromatic heterocycles. The molecule has 76 valence electrons. The number of carbonyl (C=O) groups is 1. The molecule has 5 heteroatoms. The molecule has 0 aliphatic rings. The standard InChI is InChI=1S/C9H8BrFO3/c1-2-14-9(13)8-6(10)3-5(12)4-7(8)11/h3-4,12H,2H2,1H3. The lowest BCUT2D eigenvalue weighted by molar-refractivity contribution is 0.0520. The summed E-state index contributed by atoms with van der Waals surface area (Å²) < 4.78 is 18.0. The highest BCUT2D eigenvalue weighted by atomic mass is 79.9. The van der Waals surface area contributed by atoms with Crippen LogP contribution in [0.5, 0.6) is 5.75 Å². The lowest BCUT2D eigenvalue weighted by atomic mass is 10.2. The van der Waals surface area contributed by atoms with E-state index in [0.29, 0.717) is 0 Å². The Morgan fingerprint density at radius 3 is 2.79 bits per heavy atom. The van der Waals surface area contributed by atoms with Crippen molar-refractivity contribution in [2.24, 2.45) is 0 Å². The van der Waals surface area contributed by atoms with Crippen molar-refractivity contribution in [1.29, 1.82) is 0 Å². The first-order valence-corrected chi connectivity index (χ1v) is 4.70. The summed E-state index contributed by atoms with van der Waals surface area (Å²) >= 11 is 2.97. The van der Waals surface area contributed by atoms with Crippen LogP contribution in [0.25, 0.3) is 0 Å². The lowest BCUT2D eigenvalue weighted by Gasteiger charge is -2.05. The van der Waals surface area contributed by atoms with Gasteiger partial charge < -0.3 is 9.84 Å². The number of halogens is 2. The highest BCUT2D eigenvalue weighted by Gasteiger charge is 2.17. The lowest BCUT2D eigenvalue weighted by Crippen LogP contribution is -2.08. The van der Waals surface area contributed by atoms with Crippen molar-refractivity contribution in [2.45, 2.75) is 6.92 Å². The van der Waals surface area contributed by atoms with Crippen molar-refractivity contribution in [3.63, 3.8) is 0 Å². The SMILES string of the molecule is CCOC(=O)c1c(F)cc(O)cc1Br. The first-order valence-electron chi connectivity index (χ1n) is 3.91. The van der Waals surface area contributed by atoms with Crippen LogP contribution in [0.3, 0.4) is 0 Å². The fourth-order valence-corrected chi connectivity index (χ4v) is 1.54. The quantitative estimate of drug-likeness (QED) is 0.834. The Kier molecular flexibility index (Phi) is 3.46. The number of rotatable bonds is 2. The maximum Gasteiger partial charge on any atom is 0.342 e. The molecule has 0 spiro atoms. The zero-order valence-electron chi connectivity index (χ0n) is 7.38. The van der Waals surface area contributed by atoms with Gasteiger partial charge >= 0.3 is 5.97 Å². The minimum atomic E-state index is -0.810. The summed E-state index contributed by atoms with van der Waals surface area (Å²) in [5, 5.41) is 9.01. The molecule has 14 heavy (non-hydrogen) atoms. The van der Waals surface area contributed by atoms with Crippen LogP contribution < -0.4 is 0 Å². The van der Waals surface area contributed by atoms with Gasteiger partial charge in [-0.1, -0.05) is 0 Å². The summed E-state index contributed by atoms with van der Waals surface area (Å²) in [5.41, 5.74) is -0.204. The molecule has 0 unspecified atom stereocenters. The second-order valence-electron chi connectivity index (χ2n) is 2.50. The van der Waals surface area contributed by atoms with Crippen LogP contribution in [0, 0.1) is 5.82 Å². The number of hydrogen-bond acceptors (Lipinski definition) is 3. The number of aromatic hydroxyl groups is 1. The third-order valence-electron chi connectivity index (χ3n) is 1.51. The molecular formula is C9H8BrFO3. The van der Waals surface area contributed by atoms with Gasteiger partial charge in [0.1, 0.15) is 17.1 Å². The maximum absolute atomic E-state index is 13.2. The summed E-state index contributed by atoms with van der Waals surface area (Å²) in [6.45, 7) is 1.80. The molecule has 0 bridgehead atoms. The van der Waals surface area contributed by atoms with Gasteiger partial charge in [0.2, 0.25) is 0 Å². The van der Waals surface area contributed by atoms with Crippen LogP contribution in [-0.4, -0.2) is 17.7 Å². The molecule has 1 rings (SSSR count). The Labute approximate surface area is 88.6 Å². The minimum Gasteiger partial charge on any atom is -0.508 e.